The number of piperidine rings is 1. The van der Waals surface area contributed by atoms with Crippen LogP contribution < -0.4 is 0 Å². The molecule has 1 aliphatic carbocycles. The lowest BCUT2D eigenvalue weighted by Crippen LogP contribution is -2.52. The minimum absolute atomic E-state index is 0.0219. The van der Waals surface area contributed by atoms with Crippen molar-refractivity contribution >= 4 is 6.09 Å². The number of nitrogens with zero attached hydrogens (tertiary/aromatic N) is 3. The number of amides is 1. The Balaban J connectivity index is 1.19. The van der Waals surface area contributed by atoms with Crippen LogP contribution in [0.2, 0.25) is 0 Å². The molecule has 0 saturated carbocycles. The van der Waals surface area contributed by atoms with Crippen molar-refractivity contribution in [3.63, 3.8) is 0 Å². The summed E-state index contributed by atoms with van der Waals surface area (Å²) in [5.74, 6) is 0.0219. The smallest absolute Gasteiger partial charge is 0.410 e. The molecule has 6 rings (SSSR count). The van der Waals surface area contributed by atoms with Crippen molar-refractivity contribution in [2.45, 2.75) is 49.3 Å². The second-order valence-electron chi connectivity index (χ2n) is 9.58. The third-order valence-electron chi connectivity index (χ3n) is 7.68. The molecule has 34 heavy (non-hydrogen) atoms. The Morgan fingerprint density at radius 3 is 2.29 bits per heavy atom. The number of nitriles is 1. The molecular formula is C28H25N3O3. The van der Waals surface area contributed by atoms with Crippen molar-refractivity contribution in [2.75, 3.05) is 6.61 Å². The maximum Gasteiger partial charge on any atom is 0.410 e. The summed E-state index contributed by atoms with van der Waals surface area (Å²) in [6, 6.07) is 21.8. The number of aliphatic hydroxyl groups is 1. The monoisotopic (exact) mass is 451 g/mol. The van der Waals surface area contributed by atoms with Crippen LogP contribution in [0.4, 0.5) is 4.79 Å². The Kier molecular flexibility index (Phi) is 4.89. The molecule has 2 atom stereocenters. The average Bonchev–Trinajstić information content (AvgIpc) is 3.34. The molecule has 2 saturated heterocycles. The molecule has 6 nitrogen and oxygen atoms in total. The molecule has 1 amide bonds. The quantitative estimate of drug-likeness (QED) is 0.623. The average molecular weight is 452 g/mol. The van der Waals surface area contributed by atoms with Crippen LogP contribution in [0.3, 0.4) is 0 Å². The lowest BCUT2D eigenvalue weighted by molar-refractivity contribution is -0.0559. The number of hydrogen-bond acceptors (Lipinski definition) is 5. The Labute approximate surface area is 198 Å². The van der Waals surface area contributed by atoms with Crippen LogP contribution in [0.15, 0.2) is 66.9 Å². The van der Waals surface area contributed by atoms with Crippen molar-refractivity contribution in [2.24, 2.45) is 0 Å². The van der Waals surface area contributed by atoms with E-state index in [0.717, 1.165) is 12.8 Å². The van der Waals surface area contributed by atoms with Gasteiger partial charge in [0.25, 0.3) is 0 Å². The zero-order valence-electron chi connectivity index (χ0n) is 18.7. The summed E-state index contributed by atoms with van der Waals surface area (Å²) in [6.07, 6.45) is 3.70. The van der Waals surface area contributed by atoms with E-state index in [4.69, 9.17) is 4.74 Å². The molecule has 3 aliphatic rings. The maximum atomic E-state index is 13.3. The normalized spacial score (nSPS) is 24.9. The summed E-state index contributed by atoms with van der Waals surface area (Å²) in [6.45, 7) is 0.291. The Bertz CT molecular complexity index is 1250. The number of rotatable bonds is 3. The van der Waals surface area contributed by atoms with Gasteiger partial charge in [0.15, 0.2) is 0 Å². The first-order valence-electron chi connectivity index (χ1n) is 11.8. The fourth-order valence-electron chi connectivity index (χ4n) is 6.16. The highest BCUT2D eigenvalue weighted by Gasteiger charge is 2.51. The van der Waals surface area contributed by atoms with Crippen molar-refractivity contribution in [1.82, 2.24) is 9.88 Å². The van der Waals surface area contributed by atoms with Crippen LogP contribution in [0.1, 0.15) is 54.0 Å². The van der Waals surface area contributed by atoms with Crippen molar-refractivity contribution in [3.8, 4) is 17.2 Å². The second kappa shape index (κ2) is 7.96. The number of fused-ring (bicyclic) bond motifs is 5. The molecule has 2 bridgehead atoms. The highest BCUT2D eigenvalue weighted by Crippen LogP contribution is 2.47. The molecule has 6 heteroatoms. The van der Waals surface area contributed by atoms with E-state index in [9.17, 15) is 15.2 Å². The Morgan fingerprint density at radius 1 is 1.06 bits per heavy atom. The summed E-state index contributed by atoms with van der Waals surface area (Å²) in [4.78, 5) is 19.4. The van der Waals surface area contributed by atoms with Gasteiger partial charge in [-0.05, 0) is 47.2 Å². The topological polar surface area (TPSA) is 86.5 Å². The molecule has 0 spiro atoms. The van der Waals surface area contributed by atoms with Gasteiger partial charge in [-0.25, -0.2) is 4.79 Å². The van der Waals surface area contributed by atoms with Crippen molar-refractivity contribution < 1.29 is 14.6 Å². The van der Waals surface area contributed by atoms with Crippen LogP contribution in [0.5, 0.6) is 0 Å². The lowest BCUT2D eigenvalue weighted by atomic mass is 9.83. The van der Waals surface area contributed by atoms with E-state index >= 15 is 0 Å². The molecule has 2 unspecified atom stereocenters. The number of aromatic nitrogens is 1. The summed E-state index contributed by atoms with van der Waals surface area (Å²) in [5, 5.41) is 20.6. The summed E-state index contributed by atoms with van der Waals surface area (Å²) >= 11 is 0. The molecule has 170 valence electrons. The molecule has 3 aromatic rings. The van der Waals surface area contributed by atoms with Crippen LogP contribution in [0, 0.1) is 11.3 Å². The Morgan fingerprint density at radius 2 is 1.68 bits per heavy atom. The minimum atomic E-state index is -1.14. The zero-order chi connectivity index (χ0) is 23.3. The van der Waals surface area contributed by atoms with E-state index in [2.05, 4.69) is 35.3 Å². The van der Waals surface area contributed by atoms with E-state index in [1.807, 2.05) is 29.2 Å². The van der Waals surface area contributed by atoms with Gasteiger partial charge in [0.05, 0.1) is 17.3 Å². The number of pyridine rings is 1. The zero-order valence-corrected chi connectivity index (χ0v) is 18.7. The van der Waals surface area contributed by atoms with Crippen LogP contribution in [-0.2, 0) is 10.3 Å². The number of carbonyl (C=O) groups is 1. The highest BCUT2D eigenvalue weighted by atomic mass is 16.6. The largest absolute Gasteiger partial charge is 0.448 e. The predicted octanol–water partition coefficient (Wildman–Crippen LogP) is 4.72. The SMILES string of the molecule is N#Cc1ccnc(C2(O)CC3CCC(C2)N3C(=O)OCC2c3ccccc3-c3ccccc32)c1. The van der Waals surface area contributed by atoms with Crippen molar-refractivity contribution in [3.05, 3.63) is 89.2 Å². The van der Waals surface area contributed by atoms with E-state index in [1.165, 1.54) is 22.3 Å². The standard InChI is InChI=1S/C28H25N3O3/c29-16-18-11-12-30-26(13-18)28(33)14-19-9-10-20(15-28)31(19)27(32)34-17-25-23-7-3-1-5-21(23)22-6-2-4-8-24(22)25/h1-8,11-13,19-20,25,33H,9-10,14-15,17H2. The van der Waals surface area contributed by atoms with E-state index < -0.39 is 5.60 Å². The molecule has 2 fully saturated rings. The summed E-state index contributed by atoms with van der Waals surface area (Å²) in [7, 11) is 0. The van der Waals surface area contributed by atoms with Gasteiger partial charge in [0, 0.05) is 37.0 Å². The molecule has 3 heterocycles. The Hall–Kier alpha value is -3.69. The molecular weight excluding hydrogens is 426 g/mol. The van der Waals surface area contributed by atoms with Crippen molar-refractivity contribution in [1.29, 1.82) is 5.26 Å². The van der Waals surface area contributed by atoms with E-state index in [0.29, 0.717) is 30.7 Å². The summed E-state index contributed by atoms with van der Waals surface area (Å²) in [5.41, 5.74) is 4.63. The van der Waals surface area contributed by atoms with Crippen LogP contribution in [-0.4, -0.2) is 39.8 Å². The fraction of sp³-hybridized carbons (Fsp3) is 0.321. The molecule has 2 aromatic carbocycles. The van der Waals surface area contributed by atoms with Gasteiger partial charge in [-0.3, -0.25) is 4.98 Å². The van der Waals surface area contributed by atoms with Gasteiger partial charge in [-0.1, -0.05) is 48.5 Å². The fourth-order valence-corrected chi connectivity index (χ4v) is 6.16. The predicted molar refractivity (Wildman–Crippen MR) is 126 cm³/mol. The first-order chi connectivity index (χ1) is 16.6. The van der Waals surface area contributed by atoms with Crippen LogP contribution in [0.25, 0.3) is 11.1 Å². The lowest BCUT2D eigenvalue weighted by Gasteiger charge is -2.42. The minimum Gasteiger partial charge on any atom is -0.448 e. The molecule has 2 aliphatic heterocycles. The van der Waals surface area contributed by atoms with Gasteiger partial charge in [-0.2, -0.15) is 5.26 Å². The second-order valence-corrected chi connectivity index (χ2v) is 9.58. The number of carbonyl (C=O) groups excluding carboxylic acids is 1. The summed E-state index contributed by atoms with van der Waals surface area (Å²) < 4.78 is 5.92. The first kappa shape index (κ1) is 20.9. The maximum absolute atomic E-state index is 13.3. The van der Waals surface area contributed by atoms with Gasteiger partial charge < -0.3 is 14.7 Å². The van der Waals surface area contributed by atoms with Gasteiger partial charge in [0.2, 0.25) is 0 Å². The number of benzene rings is 2. The van der Waals surface area contributed by atoms with Gasteiger partial charge in [-0.15, -0.1) is 0 Å². The number of ether oxygens (including phenoxy) is 1. The first-order valence-corrected chi connectivity index (χ1v) is 11.8. The molecule has 1 aromatic heterocycles. The highest BCUT2D eigenvalue weighted by molar-refractivity contribution is 5.79. The van der Waals surface area contributed by atoms with E-state index in [1.54, 1.807) is 18.3 Å². The number of hydrogen-bond donors (Lipinski definition) is 1. The molecule has 1 N–H and O–H groups in total. The van der Waals surface area contributed by atoms with Crippen LogP contribution >= 0.6 is 0 Å². The van der Waals surface area contributed by atoms with Gasteiger partial charge in [0.1, 0.15) is 12.2 Å². The molecule has 0 radical (unpaired) electrons. The van der Waals surface area contributed by atoms with Gasteiger partial charge >= 0.3 is 6.09 Å². The third-order valence-corrected chi connectivity index (χ3v) is 7.68. The van der Waals surface area contributed by atoms with E-state index in [-0.39, 0.29) is 24.1 Å². The third kappa shape index (κ3) is 3.27.